The van der Waals surface area contributed by atoms with Crippen molar-refractivity contribution in [2.45, 2.75) is 19.3 Å². The van der Waals surface area contributed by atoms with Crippen LogP contribution in [0.4, 0.5) is 4.39 Å². The Labute approximate surface area is 94.4 Å². The molecule has 2 heterocycles. The molecule has 3 heteroatoms. The van der Waals surface area contributed by atoms with E-state index in [2.05, 4.69) is 0 Å². The molecule has 86 valence electrons. The van der Waals surface area contributed by atoms with Gasteiger partial charge < -0.3 is 9.47 Å². The van der Waals surface area contributed by atoms with Crippen LogP contribution in [0.5, 0.6) is 5.75 Å². The van der Waals surface area contributed by atoms with Crippen LogP contribution in [0.25, 0.3) is 0 Å². The van der Waals surface area contributed by atoms with Gasteiger partial charge in [0, 0.05) is 18.1 Å². The summed E-state index contributed by atoms with van der Waals surface area (Å²) in [6.07, 6.45) is 0.978. The van der Waals surface area contributed by atoms with Gasteiger partial charge in [-0.15, -0.1) is 0 Å². The standard InChI is InChI=1S/C13H15FO2/c1-8-2-3-11(14)13-12(8)10-4-5-15-6-9(10)7-16-13/h2-3,9-10H,4-7H2,1H3. The average molecular weight is 222 g/mol. The van der Waals surface area contributed by atoms with E-state index < -0.39 is 0 Å². The molecule has 3 rings (SSSR count). The van der Waals surface area contributed by atoms with Crippen molar-refractivity contribution in [2.75, 3.05) is 19.8 Å². The van der Waals surface area contributed by atoms with Crippen molar-refractivity contribution in [1.29, 1.82) is 0 Å². The van der Waals surface area contributed by atoms with Gasteiger partial charge in [-0.2, -0.15) is 0 Å². The van der Waals surface area contributed by atoms with E-state index >= 15 is 0 Å². The van der Waals surface area contributed by atoms with Crippen LogP contribution in [0.1, 0.15) is 23.5 Å². The van der Waals surface area contributed by atoms with Crippen molar-refractivity contribution < 1.29 is 13.9 Å². The first-order valence-corrected chi connectivity index (χ1v) is 5.77. The molecule has 2 nitrogen and oxygen atoms in total. The van der Waals surface area contributed by atoms with Gasteiger partial charge in [-0.05, 0) is 30.9 Å². The third-order valence-electron chi connectivity index (χ3n) is 3.65. The van der Waals surface area contributed by atoms with E-state index in [1.807, 2.05) is 13.0 Å². The first-order chi connectivity index (χ1) is 7.77. The summed E-state index contributed by atoms with van der Waals surface area (Å²) >= 11 is 0. The Morgan fingerprint density at radius 1 is 1.31 bits per heavy atom. The number of ether oxygens (including phenoxy) is 2. The summed E-state index contributed by atoms with van der Waals surface area (Å²) in [5.41, 5.74) is 2.20. The highest BCUT2D eigenvalue weighted by Gasteiger charge is 2.35. The highest BCUT2D eigenvalue weighted by atomic mass is 19.1. The molecule has 0 spiro atoms. The molecular formula is C13H15FO2. The van der Waals surface area contributed by atoms with Crippen molar-refractivity contribution in [1.82, 2.24) is 0 Å². The van der Waals surface area contributed by atoms with Gasteiger partial charge in [-0.3, -0.25) is 0 Å². The van der Waals surface area contributed by atoms with Crippen LogP contribution in [0, 0.1) is 18.7 Å². The lowest BCUT2D eigenvalue weighted by Crippen LogP contribution is -2.35. The molecule has 1 aromatic carbocycles. The molecule has 2 aliphatic rings. The molecule has 0 amide bonds. The molecule has 1 aromatic rings. The molecule has 2 aliphatic heterocycles. The SMILES string of the molecule is Cc1ccc(F)c2c1C1CCOCC1CO2. The maximum absolute atomic E-state index is 13.7. The van der Waals surface area contributed by atoms with E-state index in [9.17, 15) is 4.39 Å². The van der Waals surface area contributed by atoms with Crippen LogP contribution in [0.2, 0.25) is 0 Å². The smallest absolute Gasteiger partial charge is 0.165 e. The van der Waals surface area contributed by atoms with Crippen molar-refractivity contribution in [2.24, 2.45) is 5.92 Å². The summed E-state index contributed by atoms with van der Waals surface area (Å²) in [7, 11) is 0. The minimum atomic E-state index is -0.231. The molecule has 0 saturated carbocycles. The lowest BCUT2D eigenvalue weighted by molar-refractivity contribution is 0.00919. The zero-order chi connectivity index (χ0) is 11.1. The second-order valence-electron chi connectivity index (χ2n) is 4.65. The average Bonchev–Trinajstić information content (AvgIpc) is 2.33. The van der Waals surface area contributed by atoms with E-state index in [0.29, 0.717) is 24.2 Å². The van der Waals surface area contributed by atoms with Crippen LogP contribution in [0.15, 0.2) is 12.1 Å². The number of fused-ring (bicyclic) bond motifs is 3. The Bertz CT molecular complexity index is 417. The summed E-state index contributed by atoms with van der Waals surface area (Å²) in [5.74, 6) is 1.05. The fraction of sp³-hybridized carbons (Fsp3) is 0.538. The summed E-state index contributed by atoms with van der Waals surface area (Å²) in [4.78, 5) is 0. The number of halogens is 1. The van der Waals surface area contributed by atoms with Gasteiger partial charge >= 0.3 is 0 Å². The molecule has 2 atom stereocenters. The van der Waals surface area contributed by atoms with Gasteiger partial charge in [-0.1, -0.05) is 6.07 Å². The Morgan fingerprint density at radius 2 is 2.19 bits per heavy atom. The van der Waals surface area contributed by atoms with Gasteiger partial charge in [0.25, 0.3) is 0 Å². The number of hydrogen-bond donors (Lipinski definition) is 0. The highest BCUT2D eigenvalue weighted by molar-refractivity contribution is 5.45. The molecule has 2 unspecified atom stereocenters. The topological polar surface area (TPSA) is 18.5 Å². The molecule has 16 heavy (non-hydrogen) atoms. The molecule has 1 fully saturated rings. The minimum absolute atomic E-state index is 0.231. The van der Waals surface area contributed by atoms with E-state index in [1.165, 1.54) is 6.07 Å². The highest BCUT2D eigenvalue weighted by Crippen LogP contribution is 2.44. The van der Waals surface area contributed by atoms with Gasteiger partial charge in [0.1, 0.15) is 0 Å². The molecule has 1 saturated heterocycles. The predicted molar refractivity (Wildman–Crippen MR) is 58.3 cm³/mol. The maximum Gasteiger partial charge on any atom is 0.165 e. The molecule has 0 radical (unpaired) electrons. The van der Waals surface area contributed by atoms with Crippen molar-refractivity contribution in [3.8, 4) is 5.75 Å². The molecule has 0 N–H and O–H groups in total. The predicted octanol–water partition coefficient (Wildman–Crippen LogP) is 2.65. The van der Waals surface area contributed by atoms with E-state index in [4.69, 9.17) is 9.47 Å². The third-order valence-corrected chi connectivity index (χ3v) is 3.65. The normalized spacial score (nSPS) is 27.9. The van der Waals surface area contributed by atoms with Crippen LogP contribution >= 0.6 is 0 Å². The largest absolute Gasteiger partial charge is 0.490 e. The monoisotopic (exact) mass is 222 g/mol. The lowest BCUT2D eigenvalue weighted by atomic mass is 9.79. The first-order valence-electron chi connectivity index (χ1n) is 5.77. The van der Waals surface area contributed by atoms with Gasteiger partial charge in [0.2, 0.25) is 0 Å². The van der Waals surface area contributed by atoms with Gasteiger partial charge in [-0.25, -0.2) is 4.39 Å². The van der Waals surface area contributed by atoms with Crippen LogP contribution in [0.3, 0.4) is 0 Å². The Kier molecular flexibility index (Phi) is 2.36. The lowest BCUT2D eigenvalue weighted by Gasteiger charge is -2.37. The second kappa shape index (κ2) is 3.74. The summed E-state index contributed by atoms with van der Waals surface area (Å²) in [5, 5.41) is 0. The maximum atomic E-state index is 13.7. The van der Waals surface area contributed by atoms with Gasteiger partial charge in [0.05, 0.1) is 13.2 Å². The zero-order valence-corrected chi connectivity index (χ0v) is 9.33. The zero-order valence-electron chi connectivity index (χ0n) is 9.33. The van der Waals surface area contributed by atoms with Crippen molar-refractivity contribution in [3.63, 3.8) is 0 Å². The number of hydrogen-bond acceptors (Lipinski definition) is 2. The molecule has 0 aromatic heterocycles. The second-order valence-corrected chi connectivity index (χ2v) is 4.65. The van der Waals surface area contributed by atoms with E-state index in [0.717, 1.165) is 30.8 Å². The van der Waals surface area contributed by atoms with E-state index in [1.54, 1.807) is 0 Å². The molecular weight excluding hydrogens is 207 g/mol. The first kappa shape index (κ1) is 10.1. The fourth-order valence-electron chi connectivity index (χ4n) is 2.81. The fourth-order valence-corrected chi connectivity index (χ4v) is 2.81. The minimum Gasteiger partial charge on any atom is -0.490 e. The summed E-state index contributed by atoms with van der Waals surface area (Å²) < 4.78 is 24.7. The van der Waals surface area contributed by atoms with Crippen molar-refractivity contribution in [3.05, 3.63) is 29.1 Å². The Morgan fingerprint density at radius 3 is 3.06 bits per heavy atom. The number of rotatable bonds is 0. The summed E-state index contributed by atoms with van der Waals surface area (Å²) in [6.45, 7) is 4.12. The van der Waals surface area contributed by atoms with Crippen LogP contribution < -0.4 is 4.74 Å². The Hall–Kier alpha value is -1.09. The molecule has 0 aliphatic carbocycles. The third kappa shape index (κ3) is 1.42. The summed E-state index contributed by atoms with van der Waals surface area (Å²) in [6, 6.07) is 3.34. The Balaban J connectivity index is 2.10. The number of aryl methyl sites for hydroxylation is 1. The van der Waals surface area contributed by atoms with Crippen molar-refractivity contribution >= 4 is 0 Å². The van der Waals surface area contributed by atoms with Crippen LogP contribution in [-0.2, 0) is 4.74 Å². The van der Waals surface area contributed by atoms with Gasteiger partial charge in [0.15, 0.2) is 11.6 Å². The molecule has 0 bridgehead atoms. The van der Waals surface area contributed by atoms with Crippen LogP contribution in [-0.4, -0.2) is 19.8 Å². The quantitative estimate of drug-likeness (QED) is 0.672. The number of benzene rings is 1. The van der Waals surface area contributed by atoms with E-state index in [-0.39, 0.29) is 5.82 Å².